The van der Waals surface area contributed by atoms with Gasteiger partial charge in [-0.25, -0.2) is 4.79 Å². The van der Waals surface area contributed by atoms with Gasteiger partial charge in [0.25, 0.3) is 5.56 Å². The van der Waals surface area contributed by atoms with Crippen molar-refractivity contribution in [2.75, 3.05) is 6.61 Å². The van der Waals surface area contributed by atoms with Crippen LogP contribution in [0.2, 0.25) is 0 Å². The van der Waals surface area contributed by atoms with Crippen molar-refractivity contribution in [3.8, 4) is 0 Å². The number of aromatic nitrogens is 2. The van der Waals surface area contributed by atoms with Crippen LogP contribution in [0.1, 0.15) is 18.2 Å². The van der Waals surface area contributed by atoms with Gasteiger partial charge in [-0.1, -0.05) is 0 Å². The van der Waals surface area contributed by atoms with Crippen LogP contribution in [0.3, 0.4) is 0 Å². The number of rotatable bonds is 3. The molecule has 0 aliphatic carbocycles. The average Bonchev–Trinajstić information content (AvgIpc) is 2.77. The van der Waals surface area contributed by atoms with Gasteiger partial charge in [0.05, 0.1) is 18.0 Å². The van der Waals surface area contributed by atoms with Gasteiger partial charge in [0.1, 0.15) is 6.23 Å². The number of nitrogens with zero attached hydrogens (tertiary/aromatic N) is 1. The molecule has 0 bridgehead atoms. The molecule has 0 spiro atoms. The monoisotopic (exact) mass is 306 g/mol. The van der Waals surface area contributed by atoms with E-state index >= 15 is 0 Å². The molecule has 0 amide bonds. The van der Waals surface area contributed by atoms with Gasteiger partial charge in [-0.3, -0.25) is 14.3 Å². The third-order valence-electron chi connectivity index (χ3n) is 3.08. The number of nitrogens with one attached hydrogen (secondary N) is 1. The first-order valence-electron chi connectivity index (χ1n) is 5.62. The second-order valence-corrected chi connectivity index (χ2v) is 6.52. The van der Waals surface area contributed by atoms with E-state index in [1.54, 1.807) is 6.92 Å². The molecule has 1 unspecified atom stereocenters. The van der Waals surface area contributed by atoms with E-state index in [-0.39, 0.29) is 6.61 Å². The van der Waals surface area contributed by atoms with Crippen LogP contribution in [0.4, 0.5) is 0 Å². The van der Waals surface area contributed by atoms with Gasteiger partial charge >= 0.3 is 5.69 Å². The van der Waals surface area contributed by atoms with Crippen molar-refractivity contribution in [1.29, 1.82) is 0 Å². The summed E-state index contributed by atoms with van der Waals surface area (Å²) in [6.07, 6.45) is 0.478. The Kier molecular flexibility index (Phi) is 4.31. The maximum Gasteiger partial charge on any atom is 0.330 e. The van der Waals surface area contributed by atoms with Gasteiger partial charge < -0.3 is 14.4 Å². The predicted molar refractivity (Wildman–Crippen MR) is 72.8 cm³/mol. The smallest absolute Gasteiger partial charge is 0.330 e. The molecule has 7 nitrogen and oxygen atoms in total. The maximum absolute atomic E-state index is 11.7. The summed E-state index contributed by atoms with van der Waals surface area (Å²) in [5.41, 5.74) is -0.645. The Labute approximate surface area is 115 Å². The number of H-pyrrole nitrogens is 1. The molecule has 1 aliphatic rings. The second-order valence-electron chi connectivity index (χ2n) is 4.34. The largest absolute Gasteiger partial charge is 0.394 e. The lowest BCUT2D eigenvalue weighted by atomic mass is 10.2. The molecule has 1 aromatic rings. The molecule has 9 heteroatoms. The molecular formula is C10H14N2O5S2. The topological polar surface area (TPSA) is 105 Å². The van der Waals surface area contributed by atoms with Crippen LogP contribution in [-0.2, 0) is 25.7 Å². The van der Waals surface area contributed by atoms with Crippen molar-refractivity contribution in [2.45, 2.75) is 30.9 Å². The Bertz CT molecular complexity index is 611. The Morgan fingerprint density at radius 3 is 2.84 bits per heavy atom. The summed E-state index contributed by atoms with van der Waals surface area (Å²) in [5, 5.41) is 8.80. The fourth-order valence-corrected chi connectivity index (χ4v) is 3.39. The Morgan fingerprint density at radius 1 is 1.63 bits per heavy atom. The lowest BCUT2D eigenvalue weighted by Gasteiger charge is -2.15. The van der Waals surface area contributed by atoms with Gasteiger partial charge in [-0.2, -0.15) is 0 Å². The first-order chi connectivity index (χ1) is 8.93. The summed E-state index contributed by atoms with van der Waals surface area (Å²) < 4.78 is 16.3. The normalized spacial score (nSPS) is 28.5. The van der Waals surface area contributed by atoms with E-state index in [1.807, 2.05) is 0 Å². The summed E-state index contributed by atoms with van der Waals surface area (Å²) in [7, 11) is -1.32. The van der Waals surface area contributed by atoms with Crippen LogP contribution in [0.15, 0.2) is 15.8 Å². The lowest BCUT2D eigenvalue weighted by Crippen LogP contribution is -2.33. The van der Waals surface area contributed by atoms with Gasteiger partial charge in [0, 0.05) is 27.9 Å². The van der Waals surface area contributed by atoms with Crippen molar-refractivity contribution in [3.05, 3.63) is 32.6 Å². The zero-order valence-electron chi connectivity index (χ0n) is 10.1. The molecule has 3 N–H and O–H groups in total. The molecule has 106 valence electrons. The summed E-state index contributed by atoms with van der Waals surface area (Å²) in [4.78, 5) is 25.2. The first-order valence-corrected chi connectivity index (χ1v) is 7.79. The van der Waals surface area contributed by atoms with Crippen LogP contribution < -0.4 is 11.2 Å². The quantitative estimate of drug-likeness (QED) is 0.665. The lowest BCUT2D eigenvalue weighted by molar-refractivity contribution is -0.0240. The molecule has 0 radical (unpaired) electrons. The van der Waals surface area contributed by atoms with Crippen LogP contribution in [0.5, 0.6) is 0 Å². The number of aliphatic hydroxyl groups is 1. The molecule has 2 rings (SSSR count). The van der Waals surface area contributed by atoms with Crippen LogP contribution in [0.25, 0.3) is 0 Å². The fourth-order valence-electron chi connectivity index (χ4n) is 2.05. The minimum atomic E-state index is -1.32. The number of ether oxygens (including phenoxy) is 1. The van der Waals surface area contributed by atoms with Gasteiger partial charge in [-0.15, -0.1) is 0 Å². The highest BCUT2D eigenvalue weighted by Crippen LogP contribution is 2.30. The van der Waals surface area contributed by atoms with Gasteiger partial charge in [0.2, 0.25) is 0 Å². The van der Waals surface area contributed by atoms with Crippen LogP contribution >= 0.6 is 0 Å². The third kappa shape index (κ3) is 2.84. The highest BCUT2D eigenvalue weighted by molar-refractivity contribution is 8.26. The number of aromatic amines is 1. The average molecular weight is 306 g/mol. The molecule has 1 aliphatic heterocycles. The minimum absolute atomic E-state index is 0.279. The van der Waals surface area contributed by atoms with Crippen molar-refractivity contribution in [2.24, 2.45) is 0 Å². The predicted octanol–water partition coefficient (Wildman–Crippen LogP) is -0.953. The third-order valence-corrected chi connectivity index (χ3v) is 4.83. The maximum atomic E-state index is 11.7. The van der Waals surface area contributed by atoms with Crippen molar-refractivity contribution in [3.63, 3.8) is 0 Å². The number of aliphatic hydroxyl groups excluding tert-OH is 1. The summed E-state index contributed by atoms with van der Waals surface area (Å²) in [5.74, 6) is 0. The standard InChI is InChI=1S/C10H14N2O5S2/c1-5-3-12(10(15)11-9(5)14)8-2-7(19(16)18)6(4-13)17-8/h3,6-8,13H,2,4H2,1H3,(H,16,18)(H,11,14,15)/t6-,7+,8-,19?/m1/s1. The highest BCUT2D eigenvalue weighted by atomic mass is 32.8. The Balaban J connectivity index is 2.35. The molecule has 1 saturated heterocycles. The summed E-state index contributed by atoms with van der Waals surface area (Å²) in [6.45, 7) is 1.30. The van der Waals surface area contributed by atoms with E-state index < -0.39 is 38.6 Å². The zero-order valence-corrected chi connectivity index (χ0v) is 11.7. The van der Waals surface area contributed by atoms with Gasteiger partial charge in [-0.05, 0) is 18.1 Å². The molecule has 0 aromatic carbocycles. The number of hydrogen-bond acceptors (Lipinski definition) is 5. The van der Waals surface area contributed by atoms with E-state index in [0.29, 0.717) is 12.0 Å². The summed E-state index contributed by atoms with van der Waals surface area (Å²) >= 11 is 4.81. The van der Waals surface area contributed by atoms with E-state index in [4.69, 9.17) is 15.9 Å². The van der Waals surface area contributed by atoms with Crippen LogP contribution in [0, 0.1) is 6.92 Å². The SMILES string of the molecule is Cc1cn([C@H]2C[C@H](S(O)=S)[C@@H](CO)O2)c(=O)[nH]c1=O. The molecular weight excluding hydrogens is 292 g/mol. The van der Waals surface area contributed by atoms with E-state index in [9.17, 15) is 19.2 Å². The number of aryl methyl sites for hydroxylation is 1. The van der Waals surface area contributed by atoms with E-state index in [1.165, 1.54) is 10.8 Å². The summed E-state index contributed by atoms with van der Waals surface area (Å²) in [6, 6.07) is 0. The van der Waals surface area contributed by atoms with Crippen LogP contribution in [-0.4, -0.2) is 37.2 Å². The fraction of sp³-hybridized carbons (Fsp3) is 0.600. The Morgan fingerprint density at radius 2 is 2.32 bits per heavy atom. The van der Waals surface area contributed by atoms with Crippen molar-refractivity contribution in [1.82, 2.24) is 9.55 Å². The molecule has 19 heavy (non-hydrogen) atoms. The molecule has 0 saturated carbocycles. The number of hydrogen-bond donors (Lipinski definition) is 3. The van der Waals surface area contributed by atoms with Gasteiger partial charge in [0.15, 0.2) is 0 Å². The first kappa shape index (κ1) is 14.5. The van der Waals surface area contributed by atoms with Crippen molar-refractivity contribution >= 4 is 20.9 Å². The molecule has 2 heterocycles. The molecule has 1 aromatic heterocycles. The Hall–Kier alpha value is -0.870. The second kappa shape index (κ2) is 5.63. The van der Waals surface area contributed by atoms with E-state index in [0.717, 1.165) is 0 Å². The minimum Gasteiger partial charge on any atom is -0.394 e. The van der Waals surface area contributed by atoms with E-state index in [2.05, 4.69) is 4.98 Å². The molecule has 4 atom stereocenters. The molecule has 1 fully saturated rings. The zero-order chi connectivity index (χ0) is 14.2. The van der Waals surface area contributed by atoms with Crippen molar-refractivity contribution < 1.29 is 14.4 Å². The highest BCUT2D eigenvalue weighted by Gasteiger charge is 2.38.